The summed E-state index contributed by atoms with van der Waals surface area (Å²) in [6.07, 6.45) is 2.85. The number of ether oxygens (including phenoxy) is 2. The zero-order valence-corrected chi connectivity index (χ0v) is 39.8. The Morgan fingerprint density at radius 2 is 1.72 bits per heavy atom. The van der Waals surface area contributed by atoms with Crippen molar-refractivity contribution in [1.29, 1.82) is 0 Å². The van der Waals surface area contributed by atoms with Gasteiger partial charge in [-0.1, -0.05) is 46.8 Å². The average molecular weight is 938 g/mol. The van der Waals surface area contributed by atoms with Crippen LogP contribution in [0, 0.1) is 0 Å². The summed E-state index contributed by atoms with van der Waals surface area (Å²) < 4.78 is 16.0. The molecular weight excluding hydrogens is 883 g/mol. The number of likely N-dealkylation sites (N-methyl/N-ethyl adjacent to an activating group) is 2. The van der Waals surface area contributed by atoms with Crippen molar-refractivity contribution in [3.63, 3.8) is 0 Å². The Labute approximate surface area is 397 Å². The number of hydrogen-bond donors (Lipinski definition) is 4. The molecule has 69 heavy (non-hydrogen) atoms. The Kier molecular flexibility index (Phi) is 11.7. The second-order valence-electron chi connectivity index (χ2n) is 18.5. The van der Waals surface area contributed by atoms with E-state index in [2.05, 4.69) is 23.2 Å². The van der Waals surface area contributed by atoms with Gasteiger partial charge in [-0.15, -0.1) is 0 Å². The van der Waals surface area contributed by atoms with Crippen LogP contribution < -0.4 is 16.0 Å². The van der Waals surface area contributed by atoms with E-state index in [0.717, 1.165) is 33.4 Å². The van der Waals surface area contributed by atoms with E-state index in [0.29, 0.717) is 58.7 Å². The largest absolute Gasteiger partial charge is 0.508 e. The lowest BCUT2D eigenvalue weighted by atomic mass is 9.81. The highest BCUT2D eigenvalue weighted by Gasteiger charge is 2.45. The number of H-pyrrole nitrogens is 1. The van der Waals surface area contributed by atoms with E-state index in [1.165, 1.54) is 20.4 Å². The smallest absolute Gasteiger partial charge is 0.415 e. The zero-order valence-electron chi connectivity index (χ0n) is 39.8. The van der Waals surface area contributed by atoms with E-state index < -0.39 is 23.4 Å². The van der Waals surface area contributed by atoms with Gasteiger partial charge in [0.05, 0.1) is 29.1 Å². The molecule has 3 aliphatic rings. The number of hydrogen-bond acceptors (Lipinski definition) is 11. The monoisotopic (exact) mass is 937 g/mol. The van der Waals surface area contributed by atoms with Gasteiger partial charge in [-0.25, -0.2) is 24.0 Å². The molecule has 0 spiro atoms. The average Bonchev–Trinajstić information content (AvgIpc) is 3.99. The van der Waals surface area contributed by atoms with Crippen LogP contribution in [0.15, 0.2) is 81.9 Å². The molecule has 358 valence electrons. The third kappa shape index (κ3) is 7.70. The number of aromatic nitrogens is 5. The molecule has 0 saturated carbocycles. The van der Waals surface area contributed by atoms with Gasteiger partial charge in [0.1, 0.15) is 29.5 Å². The van der Waals surface area contributed by atoms with Gasteiger partial charge in [-0.05, 0) is 113 Å². The maximum atomic E-state index is 14.0. The van der Waals surface area contributed by atoms with Crippen molar-refractivity contribution in [3.05, 3.63) is 132 Å². The highest BCUT2D eigenvalue weighted by Crippen LogP contribution is 2.46. The molecule has 5 heterocycles. The summed E-state index contributed by atoms with van der Waals surface area (Å²) in [4.78, 5) is 70.3. The molecule has 3 aromatic heterocycles. The lowest BCUT2D eigenvalue weighted by molar-refractivity contribution is -0.172. The van der Waals surface area contributed by atoms with Crippen LogP contribution in [0.4, 0.5) is 4.79 Å². The number of benzene rings is 3. The van der Waals surface area contributed by atoms with E-state index in [1.54, 1.807) is 79.7 Å². The number of phenolic OH excluding ortho intramolecular Hbond substituents is 2. The Morgan fingerprint density at radius 3 is 2.45 bits per heavy atom. The highest BCUT2D eigenvalue weighted by molar-refractivity contribution is 5.99. The highest BCUT2D eigenvalue weighted by atomic mass is 16.6. The minimum absolute atomic E-state index is 0.0616. The molecule has 2 aliphatic heterocycles. The quantitative estimate of drug-likeness (QED) is 0.102. The first-order valence-electron chi connectivity index (χ1n) is 23.1. The van der Waals surface area contributed by atoms with Crippen LogP contribution in [0.2, 0.25) is 0 Å². The number of aromatic amines is 1. The van der Waals surface area contributed by atoms with Crippen molar-refractivity contribution in [2.45, 2.75) is 84.5 Å². The summed E-state index contributed by atoms with van der Waals surface area (Å²) in [5.74, 6) is -0.870. The number of nitrogens with one attached hydrogen (secondary N) is 1. The van der Waals surface area contributed by atoms with Crippen molar-refractivity contribution in [2.75, 3.05) is 27.2 Å². The number of phenols is 2. The van der Waals surface area contributed by atoms with Crippen LogP contribution in [0.25, 0.3) is 39.1 Å². The molecule has 0 fully saturated rings. The van der Waals surface area contributed by atoms with Crippen LogP contribution in [0.3, 0.4) is 0 Å². The Hall–Kier alpha value is -7.66. The second-order valence-corrected chi connectivity index (χ2v) is 18.5. The molecule has 2 atom stereocenters. The molecular formula is C52H55N7O10. The number of nitrogens with zero attached hydrogens (tertiary/aromatic N) is 6. The zero-order chi connectivity index (χ0) is 49.4. The lowest BCUT2D eigenvalue weighted by Crippen LogP contribution is -2.44. The van der Waals surface area contributed by atoms with E-state index in [4.69, 9.17) is 9.47 Å². The van der Waals surface area contributed by atoms with Crippen molar-refractivity contribution in [3.8, 4) is 34.3 Å². The second kappa shape index (κ2) is 17.5. The van der Waals surface area contributed by atoms with E-state index >= 15 is 0 Å². The number of fused-ring (bicyclic) bond motifs is 6. The van der Waals surface area contributed by atoms with Crippen molar-refractivity contribution < 1.29 is 39.2 Å². The molecule has 17 nitrogen and oxygen atoms in total. The minimum atomic E-state index is -1.91. The number of allylic oxidation sites excluding steroid dienone is 4. The molecule has 0 radical (unpaired) electrons. The molecule has 0 bridgehead atoms. The number of aryl methyl sites for hydroxylation is 1. The van der Waals surface area contributed by atoms with Gasteiger partial charge in [-0.3, -0.25) is 9.59 Å². The van der Waals surface area contributed by atoms with Crippen molar-refractivity contribution >= 4 is 40.0 Å². The standard InChI is InChI=1S/C52H55N7O10/c1-9-32-36-21-31(13-15-33(36)28(5)11-14-34-38(32)25-58-42(34)23-40-39(47(58)62)26-68-49(64)52(40,67)10-2)69-51(66)56(7)18-17-55(6)48(63)43-20-29-19-30(12-16-41(29)57(43)8)59-46(53-54-50(59)65)37-22-35(27(3)4)44(60)24-45(37)61/h12-16,19-24,27-28,60-61,67H,9-11,17-18,25-26H2,1-8H3,(H,54,65). The molecule has 3 aromatic carbocycles. The summed E-state index contributed by atoms with van der Waals surface area (Å²) in [5.41, 5.74) is 5.66. The van der Waals surface area contributed by atoms with Gasteiger partial charge < -0.3 is 43.7 Å². The molecule has 17 heteroatoms. The number of rotatable bonds is 10. The first-order chi connectivity index (χ1) is 32.9. The third-order valence-electron chi connectivity index (χ3n) is 14.1. The van der Waals surface area contributed by atoms with Crippen molar-refractivity contribution in [2.24, 2.45) is 7.05 Å². The van der Waals surface area contributed by atoms with Gasteiger partial charge in [-0.2, -0.15) is 5.10 Å². The minimum Gasteiger partial charge on any atom is -0.508 e. The lowest BCUT2D eigenvalue weighted by Gasteiger charge is -2.31. The molecule has 9 rings (SSSR count). The van der Waals surface area contributed by atoms with Crippen molar-refractivity contribution in [1.82, 2.24) is 33.7 Å². The third-order valence-corrected chi connectivity index (χ3v) is 14.1. The molecule has 6 aromatic rings. The topological polar surface area (TPSA) is 214 Å². The van der Waals surface area contributed by atoms with Gasteiger partial charge in [0, 0.05) is 56.8 Å². The van der Waals surface area contributed by atoms with Gasteiger partial charge >= 0.3 is 17.8 Å². The predicted octanol–water partition coefficient (Wildman–Crippen LogP) is 7.04. The number of pyridine rings is 1. The number of aliphatic hydroxyl groups is 1. The van der Waals surface area contributed by atoms with Crippen LogP contribution in [0.5, 0.6) is 17.2 Å². The summed E-state index contributed by atoms with van der Waals surface area (Å²) in [6.45, 7) is 10.1. The molecule has 2 amide bonds. The van der Waals surface area contributed by atoms with Crippen LogP contribution in [-0.4, -0.2) is 94.2 Å². The number of carbonyl (C=O) groups is 3. The van der Waals surface area contributed by atoms with Crippen LogP contribution in [-0.2, 0) is 35.3 Å². The van der Waals surface area contributed by atoms with E-state index in [-0.39, 0.29) is 77.9 Å². The fourth-order valence-corrected chi connectivity index (χ4v) is 9.94. The maximum absolute atomic E-state index is 14.0. The van der Waals surface area contributed by atoms with Crippen LogP contribution >= 0.6 is 0 Å². The number of cyclic esters (lactones) is 1. The first kappa shape index (κ1) is 46.5. The van der Waals surface area contributed by atoms with Gasteiger partial charge in [0.15, 0.2) is 11.4 Å². The summed E-state index contributed by atoms with van der Waals surface area (Å²) in [5, 5.41) is 39.9. The number of aromatic hydroxyl groups is 2. The maximum Gasteiger partial charge on any atom is 0.415 e. The predicted molar refractivity (Wildman–Crippen MR) is 258 cm³/mol. The van der Waals surface area contributed by atoms with Gasteiger partial charge in [0.25, 0.3) is 11.5 Å². The number of carbonyl (C=O) groups excluding carboxylic acids is 3. The fraction of sp³-hybridized carbons (Fsp3) is 0.346. The number of amides is 2. The summed E-state index contributed by atoms with van der Waals surface area (Å²) in [7, 11) is 5.02. The summed E-state index contributed by atoms with van der Waals surface area (Å²) in [6, 6.07) is 17.2. The first-order valence-corrected chi connectivity index (χ1v) is 23.1. The Bertz CT molecular complexity index is 3330. The van der Waals surface area contributed by atoms with E-state index in [1.807, 2.05) is 32.9 Å². The van der Waals surface area contributed by atoms with Gasteiger partial charge in [0.2, 0.25) is 0 Å². The molecule has 2 unspecified atom stereocenters. The molecule has 0 saturated heterocycles. The fourth-order valence-electron chi connectivity index (χ4n) is 9.94. The number of esters is 1. The van der Waals surface area contributed by atoms with Crippen LogP contribution in [0.1, 0.15) is 110 Å². The van der Waals surface area contributed by atoms with E-state index in [9.17, 15) is 39.3 Å². The summed E-state index contributed by atoms with van der Waals surface area (Å²) >= 11 is 0. The normalized spacial score (nSPS) is 17.4. The Balaban J connectivity index is 0.911. The molecule has 4 N–H and O–H groups in total. The Morgan fingerprint density at radius 1 is 0.971 bits per heavy atom. The SMILES string of the molecule is CCC1=C2Cn3c(cc4c(c3=O)COC(=O)C4(O)CC)C2=CCC(C)c2ccc(OC(=O)N(C)CCN(C)C(=O)c3cc4cc(-n5c(-c6cc(C(C)C)c(O)cc6O)n[nH]c5=O)ccc4n3C)cc21. The molecule has 1 aliphatic carbocycles.